The lowest BCUT2D eigenvalue weighted by Gasteiger charge is -2.32. The topological polar surface area (TPSA) is 74.0 Å². The van der Waals surface area contributed by atoms with E-state index in [1.165, 1.54) is 13.3 Å². The molecule has 2 rings (SSSR count). The predicted octanol–water partition coefficient (Wildman–Crippen LogP) is 1.60. The van der Waals surface area contributed by atoms with E-state index in [-0.39, 0.29) is 17.2 Å². The van der Waals surface area contributed by atoms with E-state index in [2.05, 4.69) is 16.0 Å². The number of methoxy groups -OCH3 is 1. The molecule has 7 nitrogen and oxygen atoms in total. The minimum Gasteiger partial charge on any atom is -0.480 e. The van der Waals surface area contributed by atoms with Crippen LogP contribution in [0.4, 0.5) is 10.1 Å². The van der Waals surface area contributed by atoms with Crippen LogP contribution in [-0.2, 0) is 0 Å². The van der Waals surface area contributed by atoms with Gasteiger partial charge in [-0.2, -0.15) is 5.26 Å². The molecule has 1 aromatic rings. The van der Waals surface area contributed by atoms with Crippen molar-refractivity contribution < 1.29 is 13.9 Å². The number of pyridine rings is 1. The van der Waals surface area contributed by atoms with Gasteiger partial charge in [0.15, 0.2) is 0 Å². The first-order valence-corrected chi connectivity index (χ1v) is 7.63. The second kappa shape index (κ2) is 7.93. The first-order chi connectivity index (χ1) is 11.5. The van der Waals surface area contributed by atoms with E-state index in [1.807, 2.05) is 26.0 Å². The number of likely N-dealkylation sites (tertiary alicyclic amines) is 1. The van der Waals surface area contributed by atoms with Gasteiger partial charge in [0.1, 0.15) is 29.6 Å². The Balaban J connectivity index is 2.36. The highest BCUT2D eigenvalue weighted by molar-refractivity contribution is 5.68. The van der Waals surface area contributed by atoms with Gasteiger partial charge in [0, 0.05) is 27.2 Å². The zero-order valence-corrected chi connectivity index (χ0v) is 14.4. The largest absolute Gasteiger partial charge is 0.480 e. The first kappa shape index (κ1) is 17.9. The molecule has 0 bridgehead atoms. The molecule has 24 heavy (non-hydrogen) atoms. The third-order valence-electron chi connectivity index (χ3n) is 3.67. The summed E-state index contributed by atoms with van der Waals surface area (Å²) >= 11 is 0. The van der Waals surface area contributed by atoms with Crippen LogP contribution in [0.5, 0.6) is 11.6 Å². The molecule has 1 aliphatic heterocycles. The van der Waals surface area contributed by atoms with Gasteiger partial charge in [0.2, 0.25) is 5.75 Å². The Morgan fingerprint density at radius 3 is 2.88 bits per heavy atom. The molecule has 0 radical (unpaired) electrons. The Morgan fingerprint density at radius 2 is 2.29 bits per heavy atom. The van der Waals surface area contributed by atoms with Gasteiger partial charge in [0.25, 0.3) is 5.88 Å². The van der Waals surface area contributed by atoms with Gasteiger partial charge in [-0.1, -0.05) is 0 Å². The Labute approximate surface area is 141 Å². The molecule has 1 aromatic heterocycles. The van der Waals surface area contributed by atoms with Crippen LogP contribution in [0.3, 0.4) is 0 Å². The lowest BCUT2D eigenvalue weighted by Crippen LogP contribution is -2.45. The number of alkyl halides is 1. The maximum Gasteiger partial charge on any atom is 0.258 e. The first-order valence-electron chi connectivity index (χ1n) is 7.63. The van der Waals surface area contributed by atoms with Gasteiger partial charge in [-0.3, -0.25) is 0 Å². The lowest BCUT2D eigenvalue weighted by molar-refractivity contribution is 0.0293. The highest BCUT2D eigenvalue weighted by Crippen LogP contribution is 2.36. The Morgan fingerprint density at radius 1 is 1.54 bits per heavy atom. The number of halogens is 1. The van der Waals surface area contributed by atoms with Crippen LogP contribution in [0.1, 0.15) is 12.0 Å². The molecule has 0 aliphatic carbocycles. The molecule has 0 saturated carbocycles. The Kier molecular flexibility index (Phi) is 5.93. The number of hydrogen-bond donors (Lipinski definition) is 0. The number of nitriles is 1. The van der Waals surface area contributed by atoms with E-state index in [0.29, 0.717) is 18.7 Å². The van der Waals surface area contributed by atoms with E-state index in [1.54, 1.807) is 11.2 Å². The highest BCUT2D eigenvalue weighted by atomic mass is 19.1. The summed E-state index contributed by atoms with van der Waals surface area (Å²) in [5.41, 5.74) is 0.538. The van der Waals surface area contributed by atoms with E-state index >= 15 is 0 Å². The summed E-state index contributed by atoms with van der Waals surface area (Å²) in [6.07, 6.45) is 1.73. The van der Waals surface area contributed by atoms with Crippen LogP contribution in [0.25, 0.3) is 0 Å². The van der Waals surface area contributed by atoms with Crippen LogP contribution in [0.15, 0.2) is 11.2 Å². The smallest absolute Gasteiger partial charge is 0.258 e. The standard InChI is InChI=1S/C16H22FN5O2/c1-21(2)10-20-13-8-19-16(23-4)15(11(13)7-18)24-14-5-6-22(3)9-12(14)17/h8,10,12,14H,5-6,9H2,1-4H3/t12-,14+/m0/s1. The number of ether oxygens (including phenoxy) is 2. The summed E-state index contributed by atoms with van der Waals surface area (Å²) in [4.78, 5) is 12.0. The normalized spacial score (nSPS) is 21.5. The molecule has 2 heterocycles. The molecule has 0 aromatic carbocycles. The molecule has 130 valence electrons. The third kappa shape index (κ3) is 4.11. The van der Waals surface area contributed by atoms with Crippen molar-refractivity contribution in [2.24, 2.45) is 4.99 Å². The average Bonchev–Trinajstić information content (AvgIpc) is 2.55. The van der Waals surface area contributed by atoms with E-state index in [9.17, 15) is 9.65 Å². The number of aliphatic imine (C=N–C) groups is 1. The van der Waals surface area contributed by atoms with Gasteiger partial charge < -0.3 is 19.3 Å². The Bertz CT molecular complexity index is 644. The Hall–Kier alpha value is -2.40. The van der Waals surface area contributed by atoms with Crippen molar-refractivity contribution in [1.29, 1.82) is 5.26 Å². The SMILES string of the molecule is COc1ncc(N=CN(C)C)c(C#N)c1O[C@@H]1CCN(C)C[C@@H]1F. The summed E-state index contributed by atoms with van der Waals surface area (Å²) in [6.45, 7) is 1.02. The molecule has 1 aliphatic rings. The molecule has 0 N–H and O–H groups in total. The predicted molar refractivity (Wildman–Crippen MR) is 88.8 cm³/mol. The molecule has 1 saturated heterocycles. The minimum atomic E-state index is -1.14. The number of aromatic nitrogens is 1. The van der Waals surface area contributed by atoms with Gasteiger partial charge in [0.05, 0.1) is 19.6 Å². The number of hydrogen-bond acceptors (Lipinski definition) is 6. The van der Waals surface area contributed by atoms with E-state index < -0.39 is 12.3 Å². The maximum absolute atomic E-state index is 14.3. The molecular weight excluding hydrogens is 313 g/mol. The number of piperidine rings is 1. The monoisotopic (exact) mass is 335 g/mol. The van der Waals surface area contributed by atoms with Gasteiger partial charge in [-0.25, -0.2) is 14.4 Å². The van der Waals surface area contributed by atoms with Crippen molar-refractivity contribution in [3.8, 4) is 17.7 Å². The summed E-state index contributed by atoms with van der Waals surface area (Å²) < 4.78 is 25.3. The minimum absolute atomic E-state index is 0.144. The molecule has 0 spiro atoms. The van der Waals surface area contributed by atoms with Gasteiger partial charge in [-0.15, -0.1) is 0 Å². The quantitative estimate of drug-likeness (QED) is 0.601. The lowest BCUT2D eigenvalue weighted by atomic mass is 10.1. The molecule has 0 unspecified atom stereocenters. The van der Waals surface area contributed by atoms with Gasteiger partial charge in [-0.05, 0) is 13.5 Å². The molecule has 2 atom stereocenters. The van der Waals surface area contributed by atoms with Crippen molar-refractivity contribution >= 4 is 12.0 Å². The van der Waals surface area contributed by atoms with Crippen LogP contribution in [-0.4, -0.2) is 74.7 Å². The fraction of sp³-hybridized carbons (Fsp3) is 0.562. The summed E-state index contributed by atoms with van der Waals surface area (Å²) in [5, 5.41) is 9.52. The van der Waals surface area contributed by atoms with E-state index in [4.69, 9.17) is 9.47 Å². The molecule has 8 heteroatoms. The van der Waals surface area contributed by atoms with Crippen LogP contribution < -0.4 is 9.47 Å². The molecule has 0 amide bonds. The average molecular weight is 335 g/mol. The van der Waals surface area contributed by atoms with E-state index in [0.717, 1.165) is 6.54 Å². The van der Waals surface area contributed by atoms with Gasteiger partial charge >= 0.3 is 0 Å². The second-order valence-electron chi connectivity index (χ2n) is 5.90. The summed E-state index contributed by atoms with van der Waals surface area (Å²) in [7, 11) is 6.93. The van der Waals surface area contributed by atoms with Crippen molar-refractivity contribution in [2.45, 2.75) is 18.7 Å². The zero-order valence-electron chi connectivity index (χ0n) is 14.4. The summed E-state index contributed by atoms with van der Waals surface area (Å²) in [6, 6.07) is 2.07. The van der Waals surface area contributed by atoms with Crippen LogP contribution in [0.2, 0.25) is 0 Å². The molecule has 1 fully saturated rings. The fourth-order valence-electron chi connectivity index (χ4n) is 2.42. The fourth-order valence-corrected chi connectivity index (χ4v) is 2.42. The molecular formula is C16H22FN5O2. The van der Waals surface area contributed by atoms with Crippen molar-refractivity contribution in [1.82, 2.24) is 14.8 Å². The van der Waals surface area contributed by atoms with Crippen molar-refractivity contribution in [3.05, 3.63) is 11.8 Å². The zero-order chi connectivity index (χ0) is 17.7. The number of nitrogens with zero attached hydrogens (tertiary/aromatic N) is 5. The maximum atomic E-state index is 14.3. The van der Waals surface area contributed by atoms with Crippen molar-refractivity contribution in [2.75, 3.05) is 41.3 Å². The third-order valence-corrected chi connectivity index (χ3v) is 3.67. The van der Waals surface area contributed by atoms with Crippen LogP contribution in [0, 0.1) is 11.3 Å². The van der Waals surface area contributed by atoms with Crippen molar-refractivity contribution in [3.63, 3.8) is 0 Å². The van der Waals surface area contributed by atoms with Crippen LogP contribution >= 0.6 is 0 Å². The second-order valence-corrected chi connectivity index (χ2v) is 5.90. The highest BCUT2D eigenvalue weighted by Gasteiger charge is 2.31. The number of rotatable bonds is 5. The summed E-state index contributed by atoms with van der Waals surface area (Å²) in [5.74, 6) is 0.298.